The molecule has 3 N–H and O–H groups in total. The first-order valence-electron chi connectivity index (χ1n) is 12.8. The van der Waals surface area contributed by atoms with Gasteiger partial charge in [0.1, 0.15) is 22.3 Å². The van der Waals surface area contributed by atoms with Gasteiger partial charge in [-0.3, -0.25) is 4.99 Å². The Morgan fingerprint density at radius 3 is 2.78 bits per heavy atom. The Balaban J connectivity index is 1.24. The zero-order valence-corrected chi connectivity index (χ0v) is 22.4. The minimum Gasteiger partial charge on any atom is -0.494 e. The fraction of sp³-hybridized carbons (Fsp3) is 0.393. The van der Waals surface area contributed by atoms with E-state index < -0.39 is 0 Å². The highest BCUT2D eigenvalue weighted by molar-refractivity contribution is 7.21. The van der Waals surface area contributed by atoms with Gasteiger partial charge in [0, 0.05) is 42.9 Å². The third-order valence-corrected chi connectivity index (χ3v) is 7.98. The van der Waals surface area contributed by atoms with Gasteiger partial charge in [-0.05, 0) is 68.0 Å². The Hall–Kier alpha value is -3.43. The molecule has 37 heavy (non-hydrogen) atoms. The minimum absolute atomic E-state index is 0.227. The van der Waals surface area contributed by atoms with Gasteiger partial charge in [0.05, 0.1) is 22.9 Å². The molecular weight excluding hydrogens is 484 g/mol. The molecule has 1 unspecified atom stereocenters. The number of pyridine rings is 1. The SMILES string of the molecule is Cc1c(/N=C(/CCCOc2ccc(N3CCC(O)C3)cc2)C(C)C)c(N)nc2cc(-n3cccn3)sc12. The fourth-order valence-corrected chi connectivity index (χ4v) is 5.69. The molecule has 0 amide bonds. The van der Waals surface area contributed by atoms with Crippen LogP contribution in [0.1, 0.15) is 38.7 Å². The van der Waals surface area contributed by atoms with Crippen molar-refractivity contribution in [3.63, 3.8) is 0 Å². The summed E-state index contributed by atoms with van der Waals surface area (Å²) >= 11 is 1.65. The number of anilines is 2. The van der Waals surface area contributed by atoms with E-state index in [0.29, 0.717) is 19.0 Å². The van der Waals surface area contributed by atoms with Crippen molar-refractivity contribution < 1.29 is 9.84 Å². The second kappa shape index (κ2) is 10.9. The summed E-state index contributed by atoms with van der Waals surface area (Å²) in [5.41, 5.74) is 11.3. The lowest BCUT2D eigenvalue weighted by Gasteiger charge is -2.18. The molecule has 5 rings (SSSR count). The van der Waals surface area contributed by atoms with Gasteiger partial charge in [0.15, 0.2) is 0 Å². The largest absolute Gasteiger partial charge is 0.494 e. The molecule has 0 aliphatic carbocycles. The van der Waals surface area contributed by atoms with Crippen molar-refractivity contribution in [3.05, 3.63) is 54.4 Å². The molecular formula is C28H34N6O2S. The molecule has 4 aromatic rings. The van der Waals surface area contributed by atoms with E-state index in [1.165, 1.54) is 0 Å². The van der Waals surface area contributed by atoms with Crippen molar-refractivity contribution >= 4 is 44.5 Å². The quantitative estimate of drug-likeness (QED) is 0.223. The number of aliphatic hydroxyl groups excluding tert-OH is 1. The molecule has 0 radical (unpaired) electrons. The van der Waals surface area contributed by atoms with Crippen molar-refractivity contribution in [2.24, 2.45) is 10.9 Å². The van der Waals surface area contributed by atoms with E-state index in [0.717, 1.165) is 69.4 Å². The zero-order chi connectivity index (χ0) is 25.9. The smallest absolute Gasteiger partial charge is 0.150 e. The van der Waals surface area contributed by atoms with Crippen LogP contribution in [0.3, 0.4) is 0 Å². The van der Waals surface area contributed by atoms with Crippen LogP contribution in [0.4, 0.5) is 17.2 Å². The molecule has 0 spiro atoms. The van der Waals surface area contributed by atoms with Crippen LogP contribution in [0.2, 0.25) is 0 Å². The molecule has 1 aliphatic heterocycles. The summed E-state index contributed by atoms with van der Waals surface area (Å²) in [6.07, 6.45) is 5.97. The Kier molecular flexibility index (Phi) is 7.43. The van der Waals surface area contributed by atoms with Crippen LogP contribution in [0.25, 0.3) is 15.2 Å². The summed E-state index contributed by atoms with van der Waals surface area (Å²) < 4.78 is 8.92. The molecule has 8 nitrogen and oxygen atoms in total. The standard InChI is InChI=1S/C28H34N6O2S/c1-18(2)23(6-4-15-36-22-9-7-20(8-10-22)33-14-11-21(35)17-33)31-26-19(3)27-24(32-28(26)29)16-25(37-27)34-13-5-12-30-34/h5,7-10,12-13,16,18,21,35H,4,6,11,14-15,17H2,1-3H3,(H2,29,32)/b31-23-. The molecule has 1 atom stereocenters. The molecule has 1 aromatic carbocycles. The number of rotatable bonds is 9. The number of nitrogens with zero attached hydrogens (tertiary/aromatic N) is 5. The van der Waals surface area contributed by atoms with Gasteiger partial charge < -0.3 is 20.5 Å². The molecule has 3 aromatic heterocycles. The van der Waals surface area contributed by atoms with Crippen molar-refractivity contribution in [1.82, 2.24) is 14.8 Å². The van der Waals surface area contributed by atoms with Crippen LogP contribution in [0.5, 0.6) is 5.75 Å². The maximum Gasteiger partial charge on any atom is 0.150 e. The topological polar surface area (TPSA) is 102 Å². The number of thiophene rings is 1. The van der Waals surface area contributed by atoms with Gasteiger partial charge in [-0.25, -0.2) is 9.67 Å². The number of fused-ring (bicyclic) bond motifs is 1. The van der Waals surface area contributed by atoms with Crippen LogP contribution >= 0.6 is 11.3 Å². The van der Waals surface area contributed by atoms with Gasteiger partial charge in [-0.15, -0.1) is 11.3 Å². The van der Waals surface area contributed by atoms with Crippen molar-refractivity contribution in [2.45, 2.75) is 46.1 Å². The number of aliphatic hydroxyl groups is 1. The number of aryl methyl sites for hydroxylation is 1. The summed E-state index contributed by atoms with van der Waals surface area (Å²) in [7, 11) is 0. The number of hydrogen-bond donors (Lipinski definition) is 2. The summed E-state index contributed by atoms with van der Waals surface area (Å²) in [5.74, 6) is 1.59. The average molecular weight is 519 g/mol. The number of β-amino-alcohol motifs (C(OH)–C–C–N with tert-alkyl or cyclic N) is 1. The number of aromatic nitrogens is 3. The summed E-state index contributed by atoms with van der Waals surface area (Å²) in [6, 6.07) is 12.0. The van der Waals surface area contributed by atoms with Crippen molar-refractivity contribution in [3.8, 4) is 10.8 Å². The van der Waals surface area contributed by atoms with Crippen molar-refractivity contribution in [1.29, 1.82) is 0 Å². The normalized spacial score (nSPS) is 16.3. The molecule has 0 bridgehead atoms. The lowest BCUT2D eigenvalue weighted by atomic mass is 10.0. The monoisotopic (exact) mass is 518 g/mol. The molecule has 4 heterocycles. The van der Waals surface area contributed by atoms with Gasteiger partial charge in [0.25, 0.3) is 0 Å². The number of nitrogen functional groups attached to an aromatic ring is 1. The maximum atomic E-state index is 9.76. The first-order chi connectivity index (χ1) is 17.9. The highest BCUT2D eigenvalue weighted by Crippen LogP contribution is 2.37. The second-order valence-electron chi connectivity index (χ2n) is 9.81. The summed E-state index contributed by atoms with van der Waals surface area (Å²) in [6.45, 7) is 8.58. The molecule has 1 saturated heterocycles. The third kappa shape index (κ3) is 5.62. The van der Waals surface area contributed by atoms with Crippen LogP contribution in [0, 0.1) is 12.8 Å². The first kappa shape index (κ1) is 25.2. The Morgan fingerprint density at radius 2 is 2.11 bits per heavy atom. The van der Waals surface area contributed by atoms with E-state index in [9.17, 15) is 5.11 Å². The number of benzene rings is 1. The number of nitrogens with two attached hydrogens (primary N) is 1. The number of hydrogen-bond acceptors (Lipinski definition) is 8. The van der Waals surface area contributed by atoms with Gasteiger partial charge in [-0.2, -0.15) is 5.10 Å². The first-order valence-corrected chi connectivity index (χ1v) is 13.6. The van der Waals surface area contributed by atoms with E-state index in [1.54, 1.807) is 17.5 Å². The van der Waals surface area contributed by atoms with Crippen LogP contribution in [-0.4, -0.2) is 51.4 Å². The van der Waals surface area contributed by atoms with E-state index in [4.69, 9.17) is 15.5 Å². The van der Waals surface area contributed by atoms with Gasteiger partial charge >= 0.3 is 0 Å². The molecule has 194 valence electrons. The summed E-state index contributed by atoms with van der Waals surface area (Å²) in [5, 5.41) is 15.1. The van der Waals surface area contributed by atoms with Gasteiger partial charge in [0.2, 0.25) is 0 Å². The van der Waals surface area contributed by atoms with E-state index in [1.807, 2.05) is 35.1 Å². The third-order valence-electron chi connectivity index (χ3n) is 6.74. The molecule has 1 aliphatic rings. The van der Waals surface area contributed by atoms with Crippen LogP contribution < -0.4 is 15.4 Å². The lowest BCUT2D eigenvalue weighted by molar-refractivity contribution is 0.198. The highest BCUT2D eigenvalue weighted by Gasteiger charge is 2.20. The summed E-state index contributed by atoms with van der Waals surface area (Å²) in [4.78, 5) is 11.9. The molecule has 1 fully saturated rings. The van der Waals surface area contributed by atoms with Crippen LogP contribution in [-0.2, 0) is 0 Å². The lowest BCUT2D eigenvalue weighted by Crippen LogP contribution is -2.20. The molecule has 9 heteroatoms. The maximum absolute atomic E-state index is 9.76. The van der Waals surface area contributed by atoms with E-state index in [2.05, 4.69) is 47.9 Å². The van der Waals surface area contributed by atoms with Crippen LogP contribution in [0.15, 0.2) is 53.8 Å². The molecule has 0 saturated carbocycles. The van der Waals surface area contributed by atoms with E-state index >= 15 is 0 Å². The number of ether oxygens (including phenoxy) is 1. The predicted molar refractivity (Wildman–Crippen MR) is 152 cm³/mol. The van der Waals surface area contributed by atoms with E-state index in [-0.39, 0.29) is 12.0 Å². The zero-order valence-electron chi connectivity index (χ0n) is 21.6. The average Bonchev–Trinajstić information content (AvgIpc) is 3.64. The highest BCUT2D eigenvalue weighted by atomic mass is 32.1. The second-order valence-corrected chi connectivity index (χ2v) is 10.8. The Bertz CT molecular complexity index is 1380. The fourth-order valence-electron chi connectivity index (χ4n) is 4.65. The Morgan fingerprint density at radius 1 is 1.30 bits per heavy atom. The van der Waals surface area contributed by atoms with Gasteiger partial charge in [-0.1, -0.05) is 13.8 Å². The Labute approximate surface area is 221 Å². The minimum atomic E-state index is -0.227. The van der Waals surface area contributed by atoms with Crippen molar-refractivity contribution in [2.75, 3.05) is 30.3 Å². The predicted octanol–water partition coefficient (Wildman–Crippen LogP) is 5.53. The number of aliphatic imine (C=N–C) groups is 1.